The second kappa shape index (κ2) is 9.52. The molecule has 0 radical (unpaired) electrons. The van der Waals surface area contributed by atoms with Crippen LogP contribution in [0.15, 0.2) is 42.5 Å². The van der Waals surface area contributed by atoms with Crippen LogP contribution < -0.4 is 10.2 Å². The summed E-state index contributed by atoms with van der Waals surface area (Å²) in [5.74, 6) is -1.13. The zero-order valence-corrected chi connectivity index (χ0v) is 16.8. The molecule has 29 heavy (non-hydrogen) atoms. The van der Waals surface area contributed by atoms with Gasteiger partial charge in [-0.05, 0) is 55.8 Å². The van der Waals surface area contributed by atoms with Gasteiger partial charge in [0.2, 0.25) is 5.91 Å². The van der Waals surface area contributed by atoms with Crippen LogP contribution in [0.3, 0.4) is 0 Å². The molecule has 0 saturated carbocycles. The first-order valence-electron chi connectivity index (χ1n) is 9.76. The number of hydrogen-bond acceptors (Lipinski definition) is 4. The third-order valence-corrected chi connectivity index (χ3v) is 4.96. The number of morpholine rings is 1. The molecule has 1 saturated heterocycles. The van der Waals surface area contributed by atoms with Gasteiger partial charge in [-0.2, -0.15) is 0 Å². The zero-order chi connectivity index (χ0) is 20.8. The minimum Gasteiger partial charge on any atom is -0.378 e. The molecular formula is C22H26FN3O3. The average molecular weight is 399 g/mol. The summed E-state index contributed by atoms with van der Waals surface area (Å²) in [6.45, 7) is 6.90. The third kappa shape index (κ3) is 5.32. The maximum Gasteiger partial charge on any atom is 0.254 e. The first-order valence-corrected chi connectivity index (χ1v) is 9.76. The maximum atomic E-state index is 13.5. The molecule has 0 aromatic heterocycles. The van der Waals surface area contributed by atoms with Crippen molar-refractivity contribution < 1.29 is 18.7 Å². The highest BCUT2D eigenvalue weighted by Crippen LogP contribution is 2.19. The molecule has 154 valence electrons. The lowest BCUT2D eigenvalue weighted by Crippen LogP contribution is -2.38. The summed E-state index contributed by atoms with van der Waals surface area (Å²) in [6.07, 6.45) is 0. The summed E-state index contributed by atoms with van der Waals surface area (Å²) in [6, 6.07) is 11.7. The number of likely N-dealkylation sites (N-methyl/N-ethyl adjacent to an activating group) is 1. The Hall–Kier alpha value is -2.93. The second-order valence-electron chi connectivity index (χ2n) is 6.97. The number of aryl methyl sites for hydroxylation is 1. The fraction of sp³-hybridized carbons (Fsp3) is 0.364. The van der Waals surface area contributed by atoms with Crippen molar-refractivity contribution in [3.05, 3.63) is 59.4 Å². The summed E-state index contributed by atoms with van der Waals surface area (Å²) in [4.78, 5) is 28.8. The standard InChI is InChI=1S/C22H26FN3O3/c1-3-25(22(28)20-14-17(23)5-4-16(20)2)15-21(27)24-18-6-8-19(9-7-18)26-10-12-29-13-11-26/h4-9,14H,3,10-13,15H2,1-2H3,(H,24,27). The van der Waals surface area contributed by atoms with E-state index < -0.39 is 5.82 Å². The number of carbonyl (C=O) groups excluding carboxylic acids is 2. The Bertz CT molecular complexity index is 864. The fourth-order valence-electron chi connectivity index (χ4n) is 3.27. The lowest BCUT2D eigenvalue weighted by atomic mass is 10.1. The first-order chi connectivity index (χ1) is 14.0. The van der Waals surface area contributed by atoms with E-state index in [1.165, 1.54) is 17.0 Å². The van der Waals surface area contributed by atoms with Crippen LogP contribution in [0.4, 0.5) is 15.8 Å². The van der Waals surface area contributed by atoms with Gasteiger partial charge in [0, 0.05) is 36.6 Å². The van der Waals surface area contributed by atoms with Gasteiger partial charge in [-0.1, -0.05) is 6.07 Å². The number of ether oxygens (including phenoxy) is 1. The van der Waals surface area contributed by atoms with Crippen LogP contribution in [-0.4, -0.2) is 56.1 Å². The van der Waals surface area contributed by atoms with E-state index in [-0.39, 0.29) is 23.9 Å². The van der Waals surface area contributed by atoms with E-state index in [2.05, 4.69) is 10.2 Å². The van der Waals surface area contributed by atoms with Crippen molar-refractivity contribution in [1.82, 2.24) is 4.90 Å². The van der Waals surface area contributed by atoms with Crippen LogP contribution in [0.5, 0.6) is 0 Å². The van der Waals surface area contributed by atoms with Crippen molar-refractivity contribution in [2.75, 3.05) is 49.6 Å². The van der Waals surface area contributed by atoms with E-state index in [0.29, 0.717) is 31.0 Å². The van der Waals surface area contributed by atoms with Gasteiger partial charge in [0.1, 0.15) is 12.4 Å². The smallest absolute Gasteiger partial charge is 0.254 e. The topological polar surface area (TPSA) is 61.9 Å². The van der Waals surface area contributed by atoms with Crippen LogP contribution in [0, 0.1) is 12.7 Å². The summed E-state index contributed by atoms with van der Waals surface area (Å²) in [5.41, 5.74) is 2.69. The normalized spacial score (nSPS) is 13.8. The van der Waals surface area contributed by atoms with Gasteiger partial charge in [0.05, 0.1) is 13.2 Å². The van der Waals surface area contributed by atoms with Crippen LogP contribution in [0.1, 0.15) is 22.8 Å². The van der Waals surface area contributed by atoms with E-state index in [9.17, 15) is 14.0 Å². The van der Waals surface area contributed by atoms with Gasteiger partial charge >= 0.3 is 0 Å². The first kappa shape index (κ1) is 20.8. The number of rotatable bonds is 6. The molecule has 2 amide bonds. The number of anilines is 2. The van der Waals surface area contributed by atoms with Crippen molar-refractivity contribution >= 4 is 23.2 Å². The van der Waals surface area contributed by atoms with Gasteiger partial charge in [0.15, 0.2) is 0 Å². The van der Waals surface area contributed by atoms with Crippen molar-refractivity contribution in [2.45, 2.75) is 13.8 Å². The molecule has 0 spiro atoms. The molecular weight excluding hydrogens is 373 g/mol. The molecule has 0 atom stereocenters. The number of nitrogens with zero attached hydrogens (tertiary/aromatic N) is 2. The van der Waals surface area contributed by atoms with Gasteiger partial charge in [-0.15, -0.1) is 0 Å². The van der Waals surface area contributed by atoms with Crippen LogP contribution in [0.2, 0.25) is 0 Å². The van der Waals surface area contributed by atoms with E-state index >= 15 is 0 Å². The van der Waals surface area contributed by atoms with Crippen LogP contribution in [0.25, 0.3) is 0 Å². The van der Waals surface area contributed by atoms with E-state index in [0.717, 1.165) is 18.8 Å². The predicted molar refractivity (Wildman–Crippen MR) is 111 cm³/mol. The Morgan fingerprint density at radius 2 is 1.83 bits per heavy atom. The molecule has 7 heteroatoms. The Kier molecular flexibility index (Phi) is 6.82. The second-order valence-corrected chi connectivity index (χ2v) is 6.97. The fourth-order valence-corrected chi connectivity index (χ4v) is 3.27. The lowest BCUT2D eigenvalue weighted by molar-refractivity contribution is -0.116. The minimum absolute atomic E-state index is 0.101. The Balaban J connectivity index is 1.61. The molecule has 1 N–H and O–H groups in total. The summed E-state index contributed by atoms with van der Waals surface area (Å²) >= 11 is 0. The number of amides is 2. The van der Waals surface area contributed by atoms with Gasteiger partial charge in [0.25, 0.3) is 5.91 Å². The molecule has 1 heterocycles. The average Bonchev–Trinajstić information content (AvgIpc) is 2.74. The molecule has 3 rings (SSSR count). The molecule has 1 aliphatic heterocycles. The monoisotopic (exact) mass is 399 g/mol. The number of nitrogens with one attached hydrogen (secondary N) is 1. The Morgan fingerprint density at radius 3 is 2.48 bits per heavy atom. The highest BCUT2D eigenvalue weighted by molar-refractivity contribution is 6.00. The minimum atomic E-state index is -0.472. The van der Waals surface area contributed by atoms with E-state index in [1.54, 1.807) is 19.9 Å². The summed E-state index contributed by atoms with van der Waals surface area (Å²) in [7, 11) is 0. The van der Waals surface area contributed by atoms with E-state index in [1.807, 2.05) is 24.3 Å². The quantitative estimate of drug-likeness (QED) is 0.811. The molecule has 1 aliphatic rings. The third-order valence-electron chi connectivity index (χ3n) is 4.96. The molecule has 2 aromatic rings. The molecule has 1 fully saturated rings. The molecule has 0 unspecified atom stereocenters. The SMILES string of the molecule is CCN(CC(=O)Nc1ccc(N2CCOCC2)cc1)C(=O)c1cc(F)ccc1C. The number of carbonyl (C=O) groups is 2. The molecule has 0 aliphatic carbocycles. The zero-order valence-electron chi connectivity index (χ0n) is 16.8. The van der Waals surface area contributed by atoms with Crippen LogP contribution >= 0.6 is 0 Å². The number of hydrogen-bond donors (Lipinski definition) is 1. The largest absolute Gasteiger partial charge is 0.378 e. The van der Waals surface area contributed by atoms with Gasteiger partial charge in [-0.3, -0.25) is 9.59 Å². The highest BCUT2D eigenvalue weighted by atomic mass is 19.1. The van der Waals surface area contributed by atoms with Gasteiger partial charge in [-0.25, -0.2) is 4.39 Å². The predicted octanol–water partition coefficient (Wildman–Crippen LogP) is 3.07. The highest BCUT2D eigenvalue weighted by Gasteiger charge is 2.20. The Morgan fingerprint density at radius 1 is 1.14 bits per heavy atom. The molecule has 6 nitrogen and oxygen atoms in total. The summed E-state index contributed by atoms with van der Waals surface area (Å²) < 4.78 is 18.9. The van der Waals surface area contributed by atoms with Crippen molar-refractivity contribution in [3.63, 3.8) is 0 Å². The summed E-state index contributed by atoms with van der Waals surface area (Å²) in [5, 5.41) is 2.82. The van der Waals surface area contributed by atoms with Gasteiger partial charge < -0.3 is 19.9 Å². The Labute approximate surface area is 170 Å². The van der Waals surface area contributed by atoms with Crippen molar-refractivity contribution in [3.8, 4) is 0 Å². The maximum absolute atomic E-state index is 13.5. The van der Waals surface area contributed by atoms with Crippen molar-refractivity contribution in [1.29, 1.82) is 0 Å². The van der Waals surface area contributed by atoms with Crippen LogP contribution in [-0.2, 0) is 9.53 Å². The molecule has 2 aromatic carbocycles. The van der Waals surface area contributed by atoms with Crippen molar-refractivity contribution in [2.24, 2.45) is 0 Å². The lowest BCUT2D eigenvalue weighted by Gasteiger charge is -2.29. The number of benzene rings is 2. The van der Waals surface area contributed by atoms with E-state index in [4.69, 9.17) is 4.74 Å². The molecule has 0 bridgehead atoms. The number of halogens is 1.